The summed E-state index contributed by atoms with van der Waals surface area (Å²) in [5.41, 5.74) is 0. The lowest BCUT2D eigenvalue weighted by Gasteiger charge is -2.12. The Kier molecular flexibility index (Phi) is 4.44. The molecule has 0 atom stereocenters. The number of nitrogens with one attached hydrogen (secondary N) is 1. The maximum Gasteiger partial charge on any atom is 0.195 e. The van der Waals surface area contributed by atoms with Gasteiger partial charge in [0.05, 0.1) is 0 Å². The molecule has 2 rings (SSSR count). The zero-order valence-electron chi connectivity index (χ0n) is 11.4. The standard InChI is InChI=1S/C14H16F3N3/c1-20(2)7-3-5-18-14-10-8-11(15)13(17)12(16)9(10)4-6-19-14/h4,6,8H,3,5,7H2,1-2H3,(H,18,19). The van der Waals surface area contributed by atoms with Crippen molar-refractivity contribution in [2.45, 2.75) is 6.42 Å². The van der Waals surface area contributed by atoms with E-state index in [2.05, 4.69) is 10.3 Å². The second-order valence-corrected chi connectivity index (χ2v) is 4.82. The van der Waals surface area contributed by atoms with Crippen LogP contribution in [0.1, 0.15) is 6.42 Å². The molecule has 0 bridgehead atoms. The molecule has 0 amide bonds. The predicted octanol–water partition coefficient (Wildman–Crippen LogP) is 3.02. The van der Waals surface area contributed by atoms with Gasteiger partial charge in [-0.15, -0.1) is 0 Å². The van der Waals surface area contributed by atoms with Crippen molar-refractivity contribution >= 4 is 16.6 Å². The Morgan fingerprint density at radius 2 is 1.90 bits per heavy atom. The predicted molar refractivity (Wildman–Crippen MR) is 73.3 cm³/mol. The van der Waals surface area contributed by atoms with E-state index in [0.717, 1.165) is 19.0 Å². The van der Waals surface area contributed by atoms with Crippen LogP contribution in [0.2, 0.25) is 0 Å². The van der Waals surface area contributed by atoms with Crippen LogP contribution in [-0.4, -0.2) is 37.1 Å². The molecule has 0 aliphatic heterocycles. The molecular weight excluding hydrogens is 267 g/mol. The van der Waals surface area contributed by atoms with Gasteiger partial charge in [-0.1, -0.05) is 0 Å². The number of hydrogen-bond donors (Lipinski definition) is 1. The van der Waals surface area contributed by atoms with E-state index in [-0.39, 0.29) is 10.8 Å². The number of hydrogen-bond acceptors (Lipinski definition) is 3. The first kappa shape index (κ1) is 14.6. The van der Waals surface area contributed by atoms with E-state index < -0.39 is 17.5 Å². The second kappa shape index (κ2) is 6.09. The Balaban J connectivity index is 2.26. The van der Waals surface area contributed by atoms with Crippen molar-refractivity contribution in [2.24, 2.45) is 0 Å². The smallest absolute Gasteiger partial charge is 0.195 e. The lowest BCUT2D eigenvalue weighted by Crippen LogP contribution is -2.16. The third kappa shape index (κ3) is 3.01. The number of benzene rings is 1. The van der Waals surface area contributed by atoms with Crippen LogP contribution in [0.15, 0.2) is 18.3 Å². The minimum Gasteiger partial charge on any atom is -0.370 e. The van der Waals surface area contributed by atoms with Crippen molar-refractivity contribution in [2.75, 3.05) is 32.5 Å². The van der Waals surface area contributed by atoms with Gasteiger partial charge >= 0.3 is 0 Å². The fourth-order valence-electron chi connectivity index (χ4n) is 1.97. The summed E-state index contributed by atoms with van der Waals surface area (Å²) in [7, 11) is 3.92. The normalized spacial score (nSPS) is 11.3. The van der Waals surface area contributed by atoms with E-state index in [0.29, 0.717) is 12.4 Å². The molecule has 1 aromatic heterocycles. The molecule has 6 heteroatoms. The minimum absolute atomic E-state index is 0.0222. The Morgan fingerprint density at radius 1 is 1.15 bits per heavy atom. The molecule has 0 aliphatic rings. The van der Waals surface area contributed by atoms with Crippen LogP contribution in [0.5, 0.6) is 0 Å². The van der Waals surface area contributed by atoms with E-state index >= 15 is 0 Å². The molecule has 0 saturated carbocycles. The molecular formula is C14H16F3N3. The highest BCUT2D eigenvalue weighted by atomic mass is 19.2. The Labute approximate surface area is 115 Å². The number of aromatic nitrogens is 1. The highest BCUT2D eigenvalue weighted by molar-refractivity contribution is 5.92. The van der Waals surface area contributed by atoms with Gasteiger partial charge in [-0.3, -0.25) is 0 Å². The third-order valence-electron chi connectivity index (χ3n) is 2.97. The number of anilines is 1. The third-order valence-corrected chi connectivity index (χ3v) is 2.97. The van der Waals surface area contributed by atoms with Crippen molar-refractivity contribution in [3.05, 3.63) is 35.8 Å². The zero-order valence-corrected chi connectivity index (χ0v) is 11.4. The molecule has 0 saturated heterocycles. The first-order valence-corrected chi connectivity index (χ1v) is 6.31. The average Bonchev–Trinajstić information content (AvgIpc) is 2.41. The summed E-state index contributed by atoms with van der Waals surface area (Å²) in [5.74, 6) is -3.49. The summed E-state index contributed by atoms with van der Waals surface area (Å²) in [6.07, 6.45) is 2.23. The van der Waals surface area contributed by atoms with Crippen LogP contribution in [0.3, 0.4) is 0 Å². The lowest BCUT2D eigenvalue weighted by atomic mass is 10.1. The molecule has 1 heterocycles. The average molecular weight is 283 g/mol. The van der Waals surface area contributed by atoms with Gasteiger partial charge < -0.3 is 10.2 Å². The van der Waals surface area contributed by atoms with Gasteiger partial charge in [-0.05, 0) is 39.2 Å². The minimum atomic E-state index is -1.46. The van der Waals surface area contributed by atoms with Gasteiger partial charge in [-0.25, -0.2) is 18.2 Å². The molecule has 0 unspecified atom stereocenters. The maximum atomic E-state index is 13.7. The highest BCUT2D eigenvalue weighted by Gasteiger charge is 2.15. The molecule has 20 heavy (non-hydrogen) atoms. The highest BCUT2D eigenvalue weighted by Crippen LogP contribution is 2.27. The summed E-state index contributed by atoms with van der Waals surface area (Å²) >= 11 is 0. The van der Waals surface area contributed by atoms with E-state index in [9.17, 15) is 13.2 Å². The summed E-state index contributed by atoms with van der Waals surface area (Å²) in [6, 6.07) is 2.30. The van der Waals surface area contributed by atoms with Gasteiger partial charge in [0.1, 0.15) is 5.82 Å². The maximum absolute atomic E-state index is 13.7. The van der Waals surface area contributed by atoms with Gasteiger partial charge in [0.15, 0.2) is 17.5 Å². The van der Waals surface area contributed by atoms with Crippen molar-refractivity contribution in [1.82, 2.24) is 9.88 Å². The van der Waals surface area contributed by atoms with Crippen molar-refractivity contribution in [3.8, 4) is 0 Å². The largest absolute Gasteiger partial charge is 0.370 e. The number of pyridine rings is 1. The molecule has 1 aromatic carbocycles. The van der Waals surface area contributed by atoms with E-state index in [4.69, 9.17) is 0 Å². The summed E-state index contributed by atoms with van der Waals surface area (Å²) in [4.78, 5) is 6.09. The first-order valence-electron chi connectivity index (χ1n) is 6.31. The van der Waals surface area contributed by atoms with Gasteiger partial charge in [0.25, 0.3) is 0 Å². The van der Waals surface area contributed by atoms with Crippen molar-refractivity contribution < 1.29 is 13.2 Å². The molecule has 108 valence electrons. The van der Waals surface area contributed by atoms with E-state index in [1.54, 1.807) is 0 Å². The number of nitrogens with zero attached hydrogens (tertiary/aromatic N) is 2. The molecule has 0 fully saturated rings. The Hall–Kier alpha value is -1.82. The quantitative estimate of drug-likeness (QED) is 0.675. The summed E-state index contributed by atoms with van der Waals surface area (Å²) < 4.78 is 40.2. The topological polar surface area (TPSA) is 28.2 Å². The summed E-state index contributed by atoms with van der Waals surface area (Å²) in [5, 5.41) is 3.29. The van der Waals surface area contributed by atoms with Crippen LogP contribution < -0.4 is 5.32 Å². The lowest BCUT2D eigenvalue weighted by molar-refractivity contribution is 0.405. The van der Waals surface area contributed by atoms with Gasteiger partial charge in [0, 0.05) is 23.5 Å². The number of halogens is 3. The van der Waals surface area contributed by atoms with Crippen LogP contribution in [-0.2, 0) is 0 Å². The molecule has 2 aromatic rings. The molecule has 0 aliphatic carbocycles. The van der Waals surface area contributed by atoms with Crippen LogP contribution in [0.4, 0.5) is 19.0 Å². The summed E-state index contributed by atoms with van der Waals surface area (Å²) in [6.45, 7) is 1.50. The van der Waals surface area contributed by atoms with Crippen LogP contribution in [0, 0.1) is 17.5 Å². The Morgan fingerprint density at radius 3 is 2.60 bits per heavy atom. The van der Waals surface area contributed by atoms with Gasteiger partial charge in [0.2, 0.25) is 0 Å². The fourth-order valence-corrected chi connectivity index (χ4v) is 1.97. The Bertz CT molecular complexity index is 614. The monoisotopic (exact) mass is 283 g/mol. The fraction of sp³-hybridized carbons (Fsp3) is 0.357. The first-order chi connectivity index (χ1) is 9.50. The zero-order chi connectivity index (χ0) is 14.7. The molecule has 0 radical (unpaired) electrons. The van der Waals surface area contributed by atoms with Crippen molar-refractivity contribution in [1.29, 1.82) is 0 Å². The van der Waals surface area contributed by atoms with Gasteiger partial charge in [-0.2, -0.15) is 0 Å². The van der Waals surface area contributed by atoms with Crippen LogP contribution >= 0.6 is 0 Å². The number of rotatable bonds is 5. The second-order valence-electron chi connectivity index (χ2n) is 4.82. The van der Waals surface area contributed by atoms with E-state index in [1.165, 1.54) is 12.3 Å². The molecule has 3 nitrogen and oxygen atoms in total. The van der Waals surface area contributed by atoms with Crippen LogP contribution in [0.25, 0.3) is 10.8 Å². The van der Waals surface area contributed by atoms with E-state index in [1.807, 2.05) is 19.0 Å². The molecule has 0 spiro atoms. The SMILES string of the molecule is CN(C)CCCNc1nccc2c(F)c(F)c(F)cc12. The van der Waals surface area contributed by atoms with Crippen molar-refractivity contribution in [3.63, 3.8) is 0 Å². The molecule has 1 N–H and O–H groups in total. The number of fused-ring (bicyclic) bond motifs is 1.